The summed E-state index contributed by atoms with van der Waals surface area (Å²) in [4.78, 5) is 6.90. The Bertz CT molecular complexity index is 1400. The third kappa shape index (κ3) is 4.08. The minimum absolute atomic E-state index is 0.0745. The van der Waals surface area contributed by atoms with Crippen LogP contribution in [0.2, 0.25) is 0 Å². The molecular formula is C29H30N4OS. The summed E-state index contributed by atoms with van der Waals surface area (Å²) in [6.07, 6.45) is 1.84. The van der Waals surface area contributed by atoms with Crippen LogP contribution in [0, 0.1) is 27.7 Å². The SMILES string of the molecule is COc1cccc(N2C(=S)N[C@H](c3ccccn3)[C@@H]2c2cc(C)n(-c3cc(C)ccc3C)c2C)c1. The van der Waals surface area contributed by atoms with Crippen LogP contribution in [0.3, 0.4) is 0 Å². The van der Waals surface area contributed by atoms with Crippen molar-refractivity contribution in [1.29, 1.82) is 0 Å². The van der Waals surface area contributed by atoms with Crippen LogP contribution in [-0.2, 0) is 0 Å². The quantitative estimate of drug-likeness (QED) is 0.339. The van der Waals surface area contributed by atoms with Crippen molar-refractivity contribution < 1.29 is 4.74 Å². The lowest BCUT2D eigenvalue weighted by atomic mass is 9.96. The molecule has 0 radical (unpaired) electrons. The Hall–Kier alpha value is -3.64. The van der Waals surface area contributed by atoms with E-state index in [-0.39, 0.29) is 12.1 Å². The first kappa shape index (κ1) is 23.1. The van der Waals surface area contributed by atoms with Gasteiger partial charge in [0.15, 0.2) is 5.11 Å². The highest BCUT2D eigenvalue weighted by atomic mass is 32.1. The molecule has 1 N–H and O–H groups in total. The molecule has 0 spiro atoms. The molecule has 6 heteroatoms. The Labute approximate surface area is 212 Å². The van der Waals surface area contributed by atoms with Gasteiger partial charge in [0.2, 0.25) is 0 Å². The van der Waals surface area contributed by atoms with Crippen LogP contribution in [0.15, 0.2) is 72.9 Å². The lowest BCUT2D eigenvalue weighted by Gasteiger charge is -2.28. The van der Waals surface area contributed by atoms with Gasteiger partial charge >= 0.3 is 0 Å². The van der Waals surface area contributed by atoms with Gasteiger partial charge in [0.05, 0.1) is 24.9 Å². The zero-order valence-electron chi connectivity index (χ0n) is 20.7. The molecule has 0 unspecified atom stereocenters. The van der Waals surface area contributed by atoms with Crippen molar-refractivity contribution in [3.8, 4) is 11.4 Å². The smallest absolute Gasteiger partial charge is 0.174 e. The second kappa shape index (κ2) is 9.19. The number of anilines is 1. The molecule has 2 atom stereocenters. The molecule has 1 fully saturated rings. The maximum atomic E-state index is 5.91. The molecular weight excluding hydrogens is 452 g/mol. The number of hydrogen-bond donors (Lipinski definition) is 1. The van der Waals surface area contributed by atoms with Crippen molar-refractivity contribution in [1.82, 2.24) is 14.9 Å². The Kier molecular flexibility index (Phi) is 6.07. The van der Waals surface area contributed by atoms with Crippen LogP contribution in [0.25, 0.3) is 5.69 Å². The fourth-order valence-corrected chi connectivity index (χ4v) is 5.47. The lowest BCUT2D eigenvalue weighted by Crippen LogP contribution is -2.29. The van der Waals surface area contributed by atoms with Crippen LogP contribution in [0.4, 0.5) is 5.69 Å². The van der Waals surface area contributed by atoms with Gasteiger partial charge in [0.25, 0.3) is 0 Å². The van der Waals surface area contributed by atoms with Crippen molar-refractivity contribution in [3.63, 3.8) is 0 Å². The average Bonchev–Trinajstić information content (AvgIpc) is 3.36. The van der Waals surface area contributed by atoms with Gasteiger partial charge in [0.1, 0.15) is 5.75 Å². The topological polar surface area (TPSA) is 42.3 Å². The molecule has 0 amide bonds. The molecule has 1 aliphatic rings. The molecule has 5 rings (SSSR count). The van der Waals surface area contributed by atoms with E-state index in [1.54, 1.807) is 7.11 Å². The first-order valence-electron chi connectivity index (χ1n) is 11.8. The summed E-state index contributed by atoms with van der Waals surface area (Å²) in [5, 5.41) is 4.24. The first-order valence-corrected chi connectivity index (χ1v) is 12.2. The van der Waals surface area contributed by atoms with Gasteiger partial charge in [-0.2, -0.15) is 0 Å². The van der Waals surface area contributed by atoms with Gasteiger partial charge in [-0.05, 0) is 93.0 Å². The van der Waals surface area contributed by atoms with Crippen molar-refractivity contribution in [2.24, 2.45) is 0 Å². The van der Waals surface area contributed by atoms with Crippen molar-refractivity contribution in [3.05, 3.63) is 107 Å². The second-order valence-corrected chi connectivity index (χ2v) is 9.54. The van der Waals surface area contributed by atoms with Gasteiger partial charge in [0, 0.05) is 35.0 Å². The van der Waals surface area contributed by atoms with Crippen LogP contribution >= 0.6 is 12.2 Å². The molecule has 178 valence electrons. The van der Waals surface area contributed by atoms with Crippen LogP contribution < -0.4 is 15.0 Å². The normalized spacial score (nSPS) is 17.5. The van der Waals surface area contributed by atoms with E-state index in [4.69, 9.17) is 21.9 Å². The van der Waals surface area contributed by atoms with Gasteiger partial charge < -0.3 is 19.5 Å². The lowest BCUT2D eigenvalue weighted by molar-refractivity contribution is 0.415. The van der Waals surface area contributed by atoms with Gasteiger partial charge in [-0.25, -0.2) is 0 Å². The highest BCUT2D eigenvalue weighted by Crippen LogP contribution is 2.44. The molecule has 4 aromatic rings. The monoisotopic (exact) mass is 482 g/mol. The number of hydrogen-bond acceptors (Lipinski definition) is 3. The number of thiocarbonyl (C=S) groups is 1. The maximum Gasteiger partial charge on any atom is 0.174 e. The van der Waals surface area contributed by atoms with Crippen molar-refractivity contribution in [2.45, 2.75) is 39.8 Å². The molecule has 35 heavy (non-hydrogen) atoms. The fourth-order valence-electron chi connectivity index (χ4n) is 5.13. The molecule has 1 saturated heterocycles. The van der Waals surface area contributed by atoms with E-state index in [0.717, 1.165) is 17.1 Å². The van der Waals surface area contributed by atoms with E-state index in [0.29, 0.717) is 5.11 Å². The van der Waals surface area contributed by atoms with Crippen molar-refractivity contribution >= 4 is 23.0 Å². The van der Waals surface area contributed by atoms with E-state index >= 15 is 0 Å². The highest BCUT2D eigenvalue weighted by molar-refractivity contribution is 7.80. The summed E-state index contributed by atoms with van der Waals surface area (Å²) in [5.41, 5.74) is 9.25. The minimum atomic E-state index is -0.0949. The summed E-state index contributed by atoms with van der Waals surface area (Å²) in [6, 6.07) is 22.8. The summed E-state index contributed by atoms with van der Waals surface area (Å²) < 4.78 is 7.88. The summed E-state index contributed by atoms with van der Waals surface area (Å²) >= 11 is 5.91. The van der Waals surface area contributed by atoms with E-state index in [2.05, 4.69) is 78.9 Å². The highest BCUT2D eigenvalue weighted by Gasteiger charge is 2.42. The van der Waals surface area contributed by atoms with Crippen LogP contribution in [-0.4, -0.2) is 21.8 Å². The molecule has 0 bridgehead atoms. The van der Waals surface area contributed by atoms with Crippen molar-refractivity contribution in [2.75, 3.05) is 12.0 Å². The fraction of sp³-hybridized carbons (Fsp3) is 0.241. The predicted octanol–water partition coefficient (Wildman–Crippen LogP) is 6.29. The summed E-state index contributed by atoms with van der Waals surface area (Å²) in [6.45, 7) is 8.67. The number of aromatic nitrogens is 2. The second-order valence-electron chi connectivity index (χ2n) is 9.15. The van der Waals surface area contributed by atoms with E-state index in [1.165, 1.54) is 33.8 Å². The number of nitrogens with zero attached hydrogens (tertiary/aromatic N) is 3. The predicted molar refractivity (Wildman–Crippen MR) is 146 cm³/mol. The van der Waals surface area contributed by atoms with E-state index in [1.807, 2.05) is 36.5 Å². The molecule has 2 aromatic heterocycles. The number of pyridine rings is 1. The Morgan fingerprint density at radius 1 is 0.943 bits per heavy atom. The van der Waals surface area contributed by atoms with Gasteiger partial charge in [-0.15, -0.1) is 0 Å². The first-order chi connectivity index (χ1) is 16.9. The number of nitrogens with one attached hydrogen (secondary N) is 1. The third-order valence-corrected chi connectivity index (χ3v) is 7.14. The standard InChI is InChI=1S/C29H30N4OS/c1-18-12-13-19(2)26(15-18)32-20(3)16-24(21(32)4)28-27(25-11-6-7-14-30-25)31-29(35)33(28)22-9-8-10-23(17-22)34-5/h6-17,27-28H,1-5H3,(H,31,35)/t27-,28+/m1/s1. The minimum Gasteiger partial charge on any atom is -0.497 e. The molecule has 5 nitrogen and oxygen atoms in total. The molecule has 0 aliphatic carbocycles. The van der Waals surface area contributed by atoms with Crippen LogP contribution in [0.5, 0.6) is 5.75 Å². The zero-order chi connectivity index (χ0) is 24.7. The number of aryl methyl sites for hydroxylation is 3. The average molecular weight is 483 g/mol. The van der Waals surface area contributed by atoms with Gasteiger partial charge in [-0.1, -0.05) is 24.3 Å². The molecule has 1 aliphatic heterocycles. The zero-order valence-corrected chi connectivity index (χ0v) is 21.6. The number of ether oxygens (including phenoxy) is 1. The number of rotatable bonds is 5. The Balaban J connectivity index is 1.70. The molecule has 2 aromatic carbocycles. The summed E-state index contributed by atoms with van der Waals surface area (Å²) in [7, 11) is 1.69. The molecule has 0 saturated carbocycles. The Morgan fingerprint density at radius 3 is 2.51 bits per heavy atom. The maximum absolute atomic E-state index is 5.91. The van der Waals surface area contributed by atoms with E-state index < -0.39 is 0 Å². The van der Waals surface area contributed by atoms with Gasteiger partial charge in [-0.3, -0.25) is 4.98 Å². The van der Waals surface area contributed by atoms with Crippen LogP contribution in [0.1, 0.15) is 45.9 Å². The van der Waals surface area contributed by atoms with E-state index in [9.17, 15) is 0 Å². The Morgan fingerprint density at radius 2 is 1.77 bits per heavy atom. The summed E-state index contributed by atoms with van der Waals surface area (Å²) in [5.74, 6) is 0.797. The number of methoxy groups -OCH3 is 1. The number of benzene rings is 2. The molecule has 3 heterocycles. The largest absolute Gasteiger partial charge is 0.497 e. The third-order valence-electron chi connectivity index (χ3n) is 6.82.